The topological polar surface area (TPSA) is 52.6 Å². The summed E-state index contributed by atoms with van der Waals surface area (Å²) in [7, 11) is -1.04. The van der Waals surface area contributed by atoms with E-state index in [-0.39, 0.29) is 28.8 Å². The van der Waals surface area contributed by atoms with E-state index in [2.05, 4.69) is 13.8 Å². The molecule has 0 aromatic heterocycles. The highest BCUT2D eigenvalue weighted by molar-refractivity contribution is 7.85. The van der Waals surface area contributed by atoms with Gasteiger partial charge in [0.05, 0.1) is 22.5 Å². The molecule has 1 aliphatic heterocycles. The first-order chi connectivity index (χ1) is 10.8. The van der Waals surface area contributed by atoms with Crippen molar-refractivity contribution in [1.82, 2.24) is 0 Å². The number of carbonyl (C=O) groups is 1. The van der Waals surface area contributed by atoms with Gasteiger partial charge in [-0.15, -0.1) is 0 Å². The quantitative estimate of drug-likeness (QED) is 0.793. The molecule has 1 heterocycles. The average molecular weight is 336 g/mol. The van der Waals surface area contributed by atoms with E-state index in [0.29, 0.717) is 11.5 Å². The number of rotatable bonds is 4. The molecule has 1 saturated carbocycles. The van der Waals surface area contributed by atoms with Gasteiger partial charge in [-0.05, 0) is 30.7 Å². The third kappa shape index (κ3) is 2.85. The van der Waals surface area contributed by atoms with Gasteiger partial charge in [-0.2, -0.15) is 0 Å². The molecule has 0 unspecified atom stereocenters. The lowest BCUT2D eigenvalue weighted by molar-refractivity contribution is -0.183. The zero-order chi connectivity index (χ0) is 16.8. The lowest BCUT2D eigenvalue weighted by atomic mass is 9.59. The van der Waals surface area contributed by atoms with Crippen LogP contribution in [0.1, 0.15) is 44.5 Å². The highest BCUT2D eigenvalue weighted by Crippen LogP contribution is 2.53. The van der Waals surface area contributed by atoms with Crippen molar-refractivity contribution in [3.05, 3.63) is 29.8 Å². The van der Waals surface area contributed by atoms with Gasteiger partial charge in [-0.25, -0.2) is 4.79 Å². The summed E-state index contributed by atoms with van der Waals surface area (Å²) in [5.41, 5.74) is 0.378. The summed E-state index contributed by atoms with van der Waals surface area (Å²) < 4.78 is 23.5. The molecule has 0 radical (unpaired) electrons. The molecule has 0 N–H and O–H groups in total. The van der Waals surface area contributed by atoms with Crippen molar-refractivity contribution in [2.45, 2.75) is 56.5 Å². The largest absolute Gasteiger partial charge is 0.458 e. The first-order valence-electron chi connectivity index (χ1n) is 8.15. The van der Waals surface area contributed by atoms with Gasteiger partial charge in [0, 0.05) is 28.1 Å². The summed E-state index contributed by atoms with van der Waals surface area (Å²) >= 11 is 0. The summed E-state index contributed by atoms with van der Waals surface area (Å²) in [6.45, 7) is 8.76. The number of fused-ring (bicyclic) bond motifs is 1. The summed E-state index contributed by atoms with van der Waals surface area (Å²) in [6, 6.07) is 6.90. The molecule has 23 heavy (non-hydrogen) atoms. The molecule has 3 rings (SSSR count). The van der Waals surface area contributed by atoms with Crippen molar-refractivity contribution in [3.63, 3.8) is 0 Å². The van der Waals surface area contributed by atoms with E-state index < -0.39 is 10.8 Å². The van der Waals surface area contributed by atoms with Crippen LogP contribution < -0.4 is 0 Å². The van der Waals surface area contributed by atoms with Gasteiger partial charge in [0.1, 0.15) is 6.10 Å². The van der Waals surface area contributed by atoms with E-state index in [1.165, 1.54) is 0 Å². The highest BCUT2D eigenvalue weighted by Gasteiger charge is 2.61. The Bertz CT molecular complexity index is 620. The van der Waals surface area contributed by atoms with Crippen LogP contribution in [0.4, 0.5) is 0 Å². The molecule has 4 atom stereocenters. The first-order valence-corrected chi connectivity index (χ1v) is 9.37. The second-order valence-corrected chi connectivity index (χ2v) is 9.27. The normalized spacial score (nSPS) is 29.7. The van der Waals surface area contributed by atoms with Crippen LogP contribution in [0.2, 0.25) is 0 Å². The molecule has 4 nitrogen and oxygen atoms in total. The van der Waals surface area contributed by atoms with Crippen LogP contribution in [0, 0.1) is 11.3 Å². The van der Waals surface area contributed by atoms with Crippen LogP contribution in [0.3, 0.4) is 0 Å². The summed E-state index contributed by atoms with van der Waals surface area (Å²) in [6.07, 6.45) is 1.07. The third-order valence-electron chi connectivity index (χ3n) is 4.98. The second kappa shape index (κ2) is 6.02. The van der Waals surface area contributed by atoms with Gasteiger partial charge >= 0.3 is 5.97 Å². The Morgan fingerprint density at radius 1 is 1.30 bits per heavy atom. The standard InChI is InChI=1S/C18H24O4S/c1-11(2)23(20)13-7-5-12(6-8-13)17(19)22-16-14-9-10-21-15(14)18(16,3)4/h5-8,11,14-16H,9-10H2,1-4H3/t14-,15+,16-,23-/m1/s1. The number of esters is 1. The molecule has 0 spiro atoms. The van der Waals surface area contributed by atoms with Crippen LogP contribution >= 0.6 is 0 Å². The van der Waals surface area contributed by atoms with Crippen molar-refractivity contribution >= 4 is 16.8 Å². The molecular formula is C18H24O4S. The molecule has 1 saturated heterocycles. The molecular weight excluding hydrogens is 312 g/mol. The van der Waals surface area contributed by atoms with Gasteiger partial charge in [0.15, 0.2) is 0 Å². The number of benzene rings is 1. The van der Waals surface area contributed by atoms with Crippen LogP contribution in [0.25, 0.3) is 0 Å². The minimum Gasteiger partial charge on any atom is -0.458 e. The molecule has 0 amide bonds. The maximum Gasteiger partial charge on any atom is 0.338 e. The van der Waals surface area contributed by atoms with E-state index >= 15 is 0 Å². The Labute approximate surface area is 140 Å². The minimum absolute atomic E-state index is 0.0582. The van der Waals surface area contributed by atoms with Crippen LogP contribution in [-0.4, -0.2) is 34.2 Å². The Kier molecular flexibility index (Phi) is 4.36. The van der Waals surface area contributed by atoms with Gasteiger partial charge in [-0.1, -0.05) is 27.7 Å². The molecule has 2 aliphatic rings. The number of hydrogen-bond donors (Lipinski definition) is 0. The molecule has 5 heteroatoms. The smallest absolute Gasteiger partial charge is 0.338 e. The van der Waals surface area contributed by atoms with Crippen molar-refractivity contribution in [2.75, 3.05) is 6.61 Å². The Hall–Kier alpha value is -1.20. The third-order valence-corrected chi connectivity index (χ3v) is 6.57. The lowest BCUT2D eigenvalue weighted by Crippen LogP contribution is -2.61. The van der Waals surface area contributed by atoms with E-state index in [9.17, 15) is 9.00 Å². The van der Waals surface area contributed by atoms with Gasteiger partial charge < -0.3 is 9.47 Å². The van der Waals surface area contributed by atoms with E-state index in [1.807, 2.05) is 13.8 Å². The Balaban J connectivity index is 1.68. The first kappa shape index (κ1) is 16.7. The minimum atomic E-state index is -1.04. The van der Waals surface area contributed by atoms with Gasteiger partial charge in [-0.3, -0.25) is 4.21 Å². The number of carbonyl (C=O) groups excluding carboxylic acids is 1. The lowest BCUT2D eigenvalue weighted by Gasteiger charge is -2.53. The van der Waals surface area contributed by atoms with E-state index in [1.54, 1.807) is 24.3 Å². The van der Waals surface area contributed by atoms with Crippen LogP contribution in [0.15, 0.2) is 29.2 Å². The Morgan fingerprint density at radius 3 is 2.57 bits per heavy atom. The molecule has 2 fully saturated rings. The predicted octanol–water partition coefficient (Wildman–Crippen LogP) is 3.17. The molecule has 1 aliphatic carbocycles. The Morgan fingerprint density at radius 2 is 1.96 bits per heavy atom. The van der Waals surface area contributed by atoms with E-state index in [0.717, 1.165) is 17.9 Å². The number of ether oxygens (including phenoxy) is 2. The SMILES string of the molecule is CC(C)[S@@](=O)c1ccc(C(=O)O[C@@H]2[C@@H]3CCO[C@@H]3C2(C)C)cc1. The fraction of sp³-hybridized carbons (Fsp3) is 0.611. The number of hydrogen-bond acceptors (Lipinski definition) is 4. The average Bonchev–Trinajstić information content (AvgIpc) is 2.98. The van der Waals surface area contributed by atoms with Crippen LogP contribution in [-0.2, 0) is 20.3 Å². The maximum absolute atomic E-state index is 12.4. The molecule has 0 bridgehead atoms. The van der Waals surface area contributed by atoms with E-state index in [4.69, 9.17) is 9.47 Å². The van der Waals surface area contributed by atoms with Crippen LogP contribution in [0.5, 0.6) is 0 Å². The second-order valence-electron chi connectivity index (χ2n) is 7.26. The maximum atomic E-state index is 12.4. The fourth-order valence-electron chi connectivity index (χ4n) is 3.70. The summed E-state index contributed by atoms with van der Waals surface area (Å²) in [5.74, 6) is 0.0111. The van der Waals surface area contributed by atoms with Gasteiger partial charge in [0.25, 0.3) is 0 Å². The zero-order valence-electron chi connectivity index (χ0n) is 14.1. The molecule has 126 valence electrons. The predicted molar refractivity (Wildman–Crippen MR) is 88.8 cm³/mol. The fourth-order valence-corrected chi connectivity index (χ4v) is 4.65. The van der Waals surface area contributed by atoms with Crippen molar-refractivity contribution in [3.8, 4) is 0 Å². The monoisotopic (exact) mass is 336 g/mol. The summed E-state index contributed by atoms with van der Waals surface area (Å²) in [4.78, 5) is 13.1. The molecule has 1 aromatic rings. The highest BCUT2D eigenvalue weighted by atomic mass is 32.2. The van der Waals surface area contributed by atoms with Gasteiger partial charge in [0.2, 0.25) is 0 Å². The van der Waals surface area contributed by atoms with Crippen molar-refractivity contribution in [1.29, 1.82) is 0 Å². The van der Waals surface area contributed by atoms with Crippen molar-refractivity contribution in [2.24, 2.45) is 11.3 Å². The van der Waals surface area contributed by atoms with Crippen molar-refractivity contribution < 1.29 is 18.5 Å². The molecule has 1 aromatic carbocycles. The summed E-state index contributed by atoms with van der Waals surface area (Å²) in [5, 5.41) is 0.0582. The zero-order valence-corrected chi connectivity index (χ0v) is 14.9.